The summed E-state index contributed by atoms with van der Waals surface area (Å²) in [7, 11) is 1.67. The zero-order chi connectivity index (χ0) is 14.2. The number of aliphatic hydroxyl groups excluding tert-OH is 1. The Balaban J connectivity index is 1.67. The van der Waals surface area contributed by atoms with Gasteiger partial charge in [-0.2, -0.15) is 0 Å². The molecule has 1 aromatic carbocycles. The van der Waals surface area contributed by atoms with E-state index in [9.17, 15) is 5.11 Å². The molecule has 2 unspecified atom stereocenters. The van der Waals surface area contributed by atoms with Gasteiger partial charge in [0.15, 0.2) is 0 Å². The van der Waals surface area contributed by atoms with Crippen molar-refractivity contribution >= 4 is 0 Å². The third-order valence-electron chi connectivity index (χ3n) is 3.19. The van der Waals surface area contributed by atoms with E-state index >= 15 is 0 Å². The lowest BCUT2D eigenvalue weighted by molar-refractivity contribution is -0.0854. The van der Waals surface area contributed by atoms with Gasteiger partial charge in [0.05, 0.1) is 13.2 Å². The van der Waals surface area contributed by atoms with Crippen LogP contribution in [0.3, 0.4) is 0 Å². The number of para-hydroxylation sites is 1. The number of ether oxygens (including phenoxy) is 4. The summed E-state index contributed by atoms with van der Waals surface area (Å²) < 4.78 is 21.5. The molecule has 2 atom stereocenters. The Hall–Kier alpha value is -1.14. The zero-order valence-electron chi connectivity index (χ0n) is 11.8. The molecule has 0 bridgehead atoms. The topological polar surface area (TPSA) is 57.2 Å². The molecule has 0 spiro atoms. The van der Waals surface area contributed by atoms with Gasteiger partial charge < -0.3 is 24.1 Å². The lowest BCUT2D eigenvalue weighted by atomic mass is 10.0. The maximum absolute atomic E-state index is 10.2. The SMILES string of the molecule is COCCCOCCOC1COc2ccccc2C1O. The highest BCUT2D eigenvalue weighted by Gasteiger charge is 2.29. The van der Waals surface area contributed by atoms with Crippen molar-refractivity contribution in [1.29, 1.82) is 0 Å². The van der Waals surface area contributed by atoms with Crippen molar-refractivity contribution in [1.82, 2.24) is 0 Å². The number of aliphatic hydroxyl groups is 1. The Kier molecular flexibility index (Phi) is 6.26. The second-order valence-corrected chi connectivity index (χ2v) is 4.66. The largest absolute Gasteiger partial charge is 0.490 e. The molecule has 1 heterocycles. The molecule has 1 aliphatic heterocycles. The lowest BCUT2D eigenvalue weighted by Crippen LogP contribution is -2.34. The summed E-state index contributed by atoms with van der Waals surface area (Å²) in [6, 6.07) is 7.48. The van der Waals surface area contributed by atoms with Crippen LogP contribution in [0.5, 0.6) is 5.75 Å². The minimum absolute atomic E-state index is 0.340. The first-order valence-corrected chi connectivity index (χ1v) is 6.91. The zero-order valence-corrected chi connectivity index (χ0v) is 11.8. The van der Waals surface area contributed by atoms with Crippen LogP contribution in [-0.2, 0) is 14.2 Å². The fraction of sp³-hybridized carbons (Fsp3) is 0.600. The first kappa shape index (κ1) is 15.3. The Morgan fingerprint density at radius 2 is 2.05 bits per heavy atom. The number of methoxy groups -OCH3 is 1. The predicted octanol–water partition coefficient (Wildman–Crippen LogP) is 1.55. The van der Waals surface area contributed by atoms with Gasteiger partial charge in [0, 0.05) is 25.9 Å². The smallest absolute Gasteiger partial charge is 0.125 e. The normalized spacial score (nSPS) is 21.3. The van der Waals surface area contributed by atoms with E-state index in [1.165, 1.54) is 0 Å². The molecular weight excluding hydrogens is 260 g/mol. The Morgan fingerprint density at radius 1 is 1.20 bits per heavy atom. The van der Waals surface area contributed by atoms with Crippen molar-refractivity contribution in [2.75, 3.05) is 40.1 Å². The van der Waals surface area contributed by atoms with Crippen molar-refractivity contribution in [3.05, 3.63) is 29.8 Å². The van der Waals surface area contributed by atoms with Crippen LogP contribution in [-0.4, -0.2) is 51.4 Å². The molecule has 1 aliphatic rings. The van der Waals surface area contributed by atoms with Gasteiger partial charge in [0.2, 0.25) is 0 Å². The van der Waals surface area contributed by atoms with Gasteiger partial charge >= 0.3 is 0 Å². The fourth-order valence-electron chi connectivity index (χ4n) is 2.12. The lowest BCUT2D eigenvalue weighted by Gasteiger charge is -2.30. The van der Waals surface area contributed by atoms with Crippen molar-refractivity contribution < 1.29 is 24.1 Å². The second kappa shape index (κ2) is 8.21. The molecular formula is C15H22O5. The van der Waals surface area contributed by atoms with E-state index in [1.54, 1.807) is 7.11 Å². The van der Waals surface area contributed by atoms with E-state index in [0.29, 0.717) is 33.0 Å². The minimum atomic E-state index is -0.645. The summed E-state index contributed by atoms with van der Waals surface area (Å²) in [6.07, 6.45) is -0.111. The standard InChI is InChI=1S/C15H22O5/c1-17-7-4-8-18-9-10-19-14-11-20-13-6-3-2-5-12(13)15(14)16/h2-3,5-6,14-16H,4,7-11H2,1H3. The molecule has 0 saturated carbocycles. The van der Waals surface area contributed by atoms with Crippen LogP contribution in [0.15, 0.2) is 24.3 Å². The molecule has 0 aromatic heterocycles. The summed E-state index contributed by atoms with van der Waals surface area (Å²) in [5.41, 5.74) is 0.782. The Bertz CT molecular complexity index is 396. The van der Waals surface area contributed by atoms with Crippen LogP contribution < -0.4 is 4.74 Å². The summed E-state index contributed by atoms with van der Waals surface area (Å²) in [4.78, 5) is 0. The molecule has 0 radical (unpaired) electrons. The van der Waals surface area contributed by atoms with Crippen LogP contribution in [0.25, 0.3) is 0 Å². The van der Waals surface area contributed by atoms with E-state index in [0.717, 1.165) is 17.7 Å². The number of hydrogen-bond donors (Lipinski definition) is 1. The highest BCUT2D eigenvalue weighted by Crippen LogP contribution is 2.32. The van der Waals surface area contributed by atoms with Crippen molar-refractivity contribution in [2.45, 2.75) is 18.6 Å². The molecule has 112 valence electrons. The number of benzene rings is 1. The number of rotatable bonds is 8. The van der Waals surface area contributed by atoms with Crippen LogP contribution in [0.2, 0.25) is 0 Å². The van der Waals surface area contributed by atoms with Gasteiger partial charge in [-0.15, -0.1) is 0 Å². The summed E-state index contributed by atoms with van der Waals surface area (Å²) in [5.74, 6) is 0.732. The van der Waals surface area contributed by atoms with Gasteiger partial charge in [-0.1, -0.05) is 18.2 Å². The molecule has 2 rings (SSSR count). The average molecular weight is 282 g/mol. The van der Waals surface area contributed by atoms with Gasteiger partial charge in [-0.05, 0) is 12.5 Å². The van der Waals surface area contributed by atoms with Crippen LogP contribution in [0.4, 0.5) is 0 Å². The molecule has 0 fully saturated rings. The van der Waals surface area contributed by atoms with Gasteiger partial charge in [-0.3, -0.25) is 0 Å². The van der Waals surface area contributed by atoms with Crippen molar-refractivity contribution in [2.24, 2.45) is 0 Å². The van der Waals surface area contributed by atoms with Gasteiger partial charge in [0.25, 0.3) is 0 Å². The summed E-state index contributed by atoms with van der Waals surface area (Å²) >= 11 is 0. The highest BCUT2D eigenvalue weighted by atomic mass is 16.6. The van der Waals surface area contributed by atoms with E-state index in [-0.39, 0.29) is 6.10 Å². The Labute approximate surface area is 119 Å². The summed E-state index contributed by atoms with van der Waals surface area (Å²) in [5, 5.41) is 10.2. The maximum Gasteiger partial charge on any atom is 0.125 e. The molecule has 0 aliphatic carbocycles. The first-order valence-electron chi connectivity index (χ1n) is 6.91. The second-order valence-electron chi connectivity index (χ2n) is 4.66. The van der Waals surface area contributed by atoms with Gasteiger partial charge in [-0.25, -0.2) is 0 Å². The van der Waals surface area contributed by atoms with E-state index in [1.807, 2.05) is 24.3 Å². The number of fused-ring (bicyclic) bond motifs is 1. The van der Waals surface area contributed by atoms with Crippen LogP contribution in [0.1, 0.15) is 18.1 Å². The maximum atomic E-state index is 10.2. The molecule has 5 heteroatoms. The molecule has 1 aromatic rings. The van der Waals surface area contributed by atoms with E-state index in [4.69, 9.17) is 18.9 Å². The molecule has 1 N–H and O–H groups in total. The molecule has 20 heavy (non-hydrogen) atoms. The van der Waals surface area contributed by atoms with Crippen molar-refractivity contribution in [3.8, 4) is 5.75 Å². The Morgan fingerprint density at radius 3 is 2.90 bits per heavy atom. The van der Waals surface area contributed by atoms with Crippen LogP contribution in [0, 0.1) is 0 Å². The third-order valence-corrected chi connectivity index (χ3v) is 3.19. The predicted molar refractivity (Wildman–Crippen MR) is 73.9 cm³/mol. The highest BCUT2D eigenvalue weighted by molar-refractivity contribution is 5.37. The molecule has 0 saturated heterocycles. The monoisotopic (exact) mass is 282 g/mol. The molecule has 5 nitrogen and oxygen atoms in total. The summed E-state index contributed by atoms with van der Waals surface area (Å²) in [6.45, 7) is 2.67. The van der Waals surface area contributed by atoms with E-state index < -0.39 is 6.10 Å². The average Bonchev–Trinajstić information content (AvgIpc) is 2.49. The minimum Gasteiger partial charge on any atom is -0.490 e. The first-order chi connectivity index (χ1) is 9.83. The molecule has 0 amide bonds. The van der Waals surface area contributed by atoms with Crippen molar-refractivity contribution in [3.63, 3.8) is 0 Å². The third kappa shape index (κ3) is 4.18. The van der Waals surface area contributed by atoms with Gasteiger partial charge in [0.1, 0.15) is 24.6 Å². The fourth-order valence-corrected chi connectivity index (χ4v) is 2.12. The van der Waals surface area contributed by atoms with E-state index in [2.05, 4.69) is 0 Å². The number of hydrogen-bond acceptors (Lipinski definition) is 5. The quantitative estimate of drug-likeness (QED) is 0.733. The van der Waals surface area contributed by atoms with Crippen LogP contribution >= 0.6 is 0 Å².